The number of amides is 1. The second-order valence-corrected chi connectivity index (χ2v) is 9.56. The molecule has 0 radical (unpaired) electrons. The van der Waals surface area contributed by atoms with E-state index in [-0.39, 0.29) is 42.6 Å². The lowest BCUT2D eigenvalue weighted by Crippen LogP contribution is -2.51. The van der Waals surface area contributed by atoms with Crippen LogP contribution in [0.5, 0.6) is 0 Å². The zero-order valence-electron chi connectivity index (χ0n) is 19.8. The first-order chi connectivity index (χ1) is 15.3. The van der Waals surface area contributed by atoms with Gasteiger partial charge in [-0.05, 0) is 30.0 Å². The van der Waals surface area contributed by atoms with E-state index in [2.05, 4.69) is 41.0 Å². The number of nitrogens with one attached hydrogen (secondary N) is 1. The van der Waals surface area contributed by atoms with Crippen LogP contribution in [-0.4, -0.2) is 64.6 Å². The number of hydrogen-bond donors (Lipinski definition) is 2. The van der Waals surface area contributed by atoms with Gasteiger partial charge in [0.25, 0.3) is 0 Å². The van der Waals surface area contributed by atoms with Gasteiger partial charge in [-0.3, -0.25) is 4.79 Å². The van der Waals surface area contributed by atoms with E-state index in [9.17, 15) is 9.90 Å². The van der Waals surface area contributed by atoms with E-state index >= 15 is 0 Å². The summed E-state index contributed by atoms with van der Waals surface area (Å²) in [6.45, 7) is 9.57. The topological polar surface area (TPSA) is 81.6 Å². The first-order valence-electron chi connectivity index (χ1n) is 11.4. The van der Waals surface area contributed by atoms with E-state index in [0.717, 1.165) is 22.6 Å². The number of hydrogen-bond acceptors (Lipinski definition) is 6. The normalized spacial score (nSPS) is 20.4. The number of aliphatic hydroxyl groups is 1. The van der Waals surface area contributed by atoms with Gasteiger partial charge in [0.1, 0.15) is 12.1 Å². The summed E-state index contributed by atoms with van der Waals surface area (Å²) in [5.41, 5.74) is 2.79. The number of fused-ring (bicyclic) bond motifs is 1. The van der Waals surface area contributed by atoms with Crippen molar-refractivity contribution >= 4 is 48.1 Å². The zero-order valence-corrected chi connectivity index (χ0v) is 22.2. The Morgan fingerprint density at radius 3 is 2.41 bits per heavy atom. The van der Waals surface area contributed by atoms with Crippen LogP contribution in [0.25, 0.3) is 0 Å². The average molecular weight is 531 g/mol. The summed E-state index contributed by atoms with van der Waals surface area (Å²) in [6, 6.07) is 7.87. The van der Waals surface area contributed by atoms with E-state index in [1.165, 1.54) is 0 Å². The third-order valence-corrected chi connectivity index (χ3v) is 6.72. The van der Waals surface area contributed by atoms with Crippen LogP contribution < -0.4 is 10.2 Å². The zero-order chi connectivity index (χ0) is 22.8. The van der Waals surface area contributed by atoms with E-state index in [1.807, 2.05) is 29.2 Å². The molecule has 7 nitrogen and oxygen atoms in total. The van der Waals surface area contributed by atoms with Crippen LogP contribution in [0.3, 0.4) is 0 Å². The number of benzene rings is 1. The van der Waals surface area contributed by atoms with E-state index in [0.29, 0.717) is 50.2 Å². The molecule has 2 aromatic rings. The minimum Gasteiger partial charge on any atom is -0.387 e. The number of piperazine rings is 1. The van der Waals surface area contributed by atoms with Gasteiger partial charge in [0.05, 0.1) is 17.7 Å². The van der Waals surface area contributed by atoms with Crippen LogP contribution in [0.2, 0.25) is 5.02 Å². The average Bonchev–Trinajstić information content (AvgIpc) is 3.08. The molecule has 34 heavy (non-hydrogen) atoms. The van der Waals surface area contributed by atoms with Crippen LogP contribution in [0, 0.1) is 0 Å². The molecule has 1 aromatic carbocycles. The summed E-state index contributed by atoms with van der Waals surface area (Å²) in [5, 5.41) is 14.4. The van der Waals surface area contributed by atoms with Gasteiger partial charge in [-0.15, -0.1) is 24.8 Å². The first-order valence-corrected chi connectivity index (χ1v) is 11.8. The third-order valence-electron chi connectivity index (χ3n) is 6.47. The molecule has 1 aliphatic carbocycles. The Bertz CT molecular complexity index is 952. The smallest absolute Gasteiger partial charge is 0.231 e. The second-order valence-electron chi connectivity index (χ2n) is 9.13. The van der Waals surface area contributed by atoms with Crippen molar-refractivity contribution < 1.29 is 9.90 Å². The number of rotatable bonds is 6. The monoisotopic (exact) mass is 529 g/mol. The minimum absolute atomic E-state index is 0. The quantitative estimate of drug-likeness (QED) is 0.589. The molecule has 2 heterocycles. The number of carbonyl (C=O) groups excluding carboxylic acids is 1. The Morgan fingerprint density at radius 2 is 1.79 bits per heavy atom. The van der Waals surface area contributed by atoms with Crippen molar-refractivity contribution in [3.63, 3.8) is 0 Å². The Labute approximate surface area is 219 Å². The number of carbonyl (C=O) groups is 1. The predicted octanol–water partition coefficient (Wildman–Crippen LogP) is 3.94. The number of aliphatic hydroxyl groups excluding tert-OH is 1. The molecule has 2 N–H and O–H groups in total. The van der Waals surface area contributed by atoms with E-state index in [4.69, 9.17) is 11.6 Å². The van der Waals surface area contributed by atoms with Gasteiger partial charge in [0, 0.05) is 49.4 Å². The SMILES string of the molecule is CC(C)NCC(C(=O)N1CCN(c2ncnc3c2C(C)C[C@H]3O)CC1)c1ccc(Cl)cc1.Cl.Cl. The van der Waals surface area contributed by atoms with Crippen LogP contribution in [0.4, 0.5) is 5.82 Å². The maximum Gasteiger partial charge on any atom is 0.231 e. The number of aromatic nitrogens is 2. The summed E-state index contributed by atoms with van der Waals surface area (Å²) in [4.78, 5) is 26.5. The Hall–Kier alpha value is -1.64. The fourth-order valence-corrected chi connectivity index (χ4v) is 4.84. The molecule has 0 spiro atoms. The van der Waals surface area contributed by atoms with Gasteiger partial charge in [-0.2, -0.15) is 0 Å². The van der Waals surface area contributed by atoms with Gasteiger partial charge in [-0.25, -0.2) is 9.97 Å². The van der Waals surface area contributed by atoms with Crippen molar-refractivity contribution in [2.24, 2.45) is 0 Å². The lowest BCUT2D eigenvalue weighted by Gasteiger charge is -2.38. The fraction of sp³-hybridized carbons (Fsp3) is 0.542. The molecule has 10 heteroatoms. The summed E-state index contributed by atoms with van der Waals surface area (Å²) in [6.07, 6.45) is 1.71. The van der Waals surface area contributed by atoms with Crippen LogP contribution >= 0.6 is 36.4 Å². The number of nitrogens with zero attached hydrogens (tertiary/aromatic N) is 4. The highest BCUT2D eigenvalue weighted by atomic mass is 35.5. The second kappa shape index (κ2) is 12.4. The summed E-state index contributed by atoms with van der Waals surface area (Å²) in [7, 11) is 0. The molecule has 2 unspecified atom stereocenters. The van der Waals surface area contributed by atoms with Crippen molar-refractivity contribution in [2.45, 2.75) is 51.2 Å². The van der Waals surface area contributed by atoms with Crippen molar-refractivity contribution in [1.29, 1.82) is 0 Å². The van der Waals surface area contributed by atoms with Crippen molar-refractivity contribution in [3.05, 3.63) is 52.4 Å². The van der Waals surface area contributed by atoms with Gasteiger partial charge in [0.15, 0.2) is 0 Å². The van der Waals surface area contributed by atoms with Crippen LogP contribution in [0.15, 0.2) is 30.6 Å². The molecule has 0 bridgehead atoms. The molecule has 1 saturated heterocycles. The highest BCUT2D eigenvalue weighted by Crippen LogP contribution is 2.42. The molecule has 188 valence electrons. The van der Waals surface area contributed by atoms with Gasteiger partial charge in [0.2, 0.25) is 5.91 Å². The molecule has 0 saturated carbocycles. The summed E-state index contributed by atoms with van der Waals surface area (Å²) < 4.78 is 0. The molecule has 1 amide bonds. The Balaban J connectivity index is 0.00000204. The lowest BCUT2D eigenvalue weighted by atomic mass is 9.96. The molecule has 1 fully saturated rings. The van der Waals surface area contributed by atoms with Crippen LogP contribution in [0.1, 0.15) is 62.0 Å². The molecular formula is C24H34Cl3N5O2. The Morgan fingerprint density at radius 1 is 1.15 bits per heavy atom. The predicted molar refractivity (Wildman–Crippen MR) is 141 cm³/mol. The third kappa shape index (κ3) is 6.13. The van der Waals surface area contributed by atoms with E-state index in [1.54, 1.807) is 6.33 Å². The fourth-order valence-electron chi connectivity index (χ4n) is 4.71. The standard InChI is InChI=1S/C24H32ClN5O2.2ClH/c1-15(2)26-13-19(17-4-6-18(25)7-5-17)24(32)30-10-8-29(9-11-30)23-21-16(3)12-20(31)22(21)27-14-28-23;;/h4-7,14-16,19-20,26,31H,8-13H2,1-3H3;2*1H/t16?,19?,20-;;/m1../s1. The number of halogens is 3. The number of anilines is 1. The first kappa shape index (κ1) is 28.6. The largest absolute Gasteiger partial charge is 0.387 e. The van der Waals surface area contributed by atoms with Crippen molar-refractivity contribution in [3.8, 4) is 0 Å². The highest BCUT2D eigenvalue weighted by molar-refractivity contribution is 6.30. The van der Waals surface area contributed by atoms with Crippen LogP contribution in [-0.2, 0) is 4.79 Å². The maximum atomic E-state index is 13.5. The lowest BCUT2D eigenvalue weighted by molar-refractivity contribution is -0.133. The molecule has 1 aromatic heterocycles. The van der Waals surface area contributed by atoms with Gasteiger partial charge < -0.3 is 20.2 Å². The van der Waals surface area contributed by atoms with Crippen molar-refractivity contribution in [1.82, 2.24) is 20.2 Å². The van der Waals surface area contributed by atoms with Gasteiger partial charge in [-0.1, -0.05) is 44.5 Å². The molecule has 4 rings (SSSR count). The maximum absolute atomic E-state index is 13.5. The molecular weight excluding hydrogens is 497 g/mol. The molecule has 3 atom stereocenters. The molecule has 1 aliphatic heterocycles. The Kier molecular flexibility index (Phi) is 10.4. The summed E-state index contributed by atoms with van der Waals surface area (Å²) >= 11 is 6.06. The summed E-state index contributed by atoms with van der Waals surface area (Å²) in [5.74, 6) is 1.02. The van der Waals surface area contributed by atoms with Gasteiger partial charge >= 0.3 is 0 Å². The minimum atomic E-state index is -0.516. The highest BCUT2D eigenvalue weighted by Gasteiger charge is 2.35. The van der Waals surface area contributed by atoms with Crippen molar-refractivity contribution in [2.75, 3.05) is 37.6 Å². The molecule has 2 aliphatic rings. The van der Waals surface area contributed by atoms with E-state index < -0.39 is 6.10 Å².